The molecular formula is C29H30F6N2O5S. The molecule has 0 amide bonds. The number of alkyl halides is 6. The first-order valence-electron chi connectivity index (χ1n) is 13.2. The second-order valence-corrected chi connectivity index (χ2v) is 13.2. The second-order valence-electron chi connectivity index (χ2n) is 11.2. The van der Waals surface area contributed by atoms with Crippen molar-refractivity contribution in [1.82, 2.24) is 9.21 Å². The van der Waals surface area contributed by atoms with Gasteiger partial charge in [0, 0.05) is 32.2 Å². The summed E-state index contributed by atoms with van der Waals surface area (Å²) in [6.45, 7) is 6.38. The van der Waals surface area contributed by atoms with E-state index in [9.17, 15) is 39.6 Å². The largest absolute Gasteiger partial charge is 0.482 e. The van der Waals surface area contributed by atoms with Crippen molar-refractivity contribution in [3.05, 3.63) is 93.0 Å². The minimum Gasteiger partial charge on any atom is -0.482 e. The molecule has 1 aliphatic heterocycles. The molecule has 7 nitrogen and oxygen atoms in total. The molecule has 4 rings (SSSR count). The Morgan fingerprint density at radius 2 is 1.37 bits per heavy atom. The summed E-state index contributed by atoms with van der Waals surface area (Å²) in [6, 6.07) is 9.36. The molecule has 0 spiro atoms. The van der Waals surface area contributed by atoms with Crippen molar-refractivity contribution in [2.24, 2.45) is 0 Å². The third-order valence-corrected chi connectivity index (χ3v) is 8.85. The number of ether oxygens (including phenoxy) is 1. The fourth-order valence-electron chi connectivity index (χ4n) is 4.46. The summed E-state index contributed by atoms with van der Waals surface area (Å²) in [4.78, 5) is 13.2. The van der Waals surface area contributed by atoms with Crippen molar-refractivity contribution in [3.63, 3.8) is 0 Å². The molecule has 43 heavy (non-hydrogen) atoms. The maximum absolute atomic E-state index is 13.2. The summed E-state index contributed by atoms with van der Waals surface area (Å²) in [7, 11) is -4.66. The first kappa shape index (κ1) is 32.6. The van der Waals surface area contributed by atoms with Gasteiger partial charge >= 0.3 is 12.4 Å². The van der Waals surface area contributed by atoms with Crippen LogP contribution in [0.1, 0.15) is 48.8 Å². The number of rotatable bonds is 7. The molecule has 234 valence electrons. The lowest BCUT2D eigenvalue weighted by molar-refractivity contribution is -0.143. The van der Waals surface area contributed by atoms with E-state index in [-0.39, 0.29) is 74.5 Å². The molecule has 0 unspecified atom stereocenters. The Labute approximate surface area is 244 Å². The van der Waals surface area contributed by atoms with Crippen LogP contribution >= 0.6 is 0 Å². The van der Waals surface area contributed by atoms with Crippen molar-refractivity contribution in [2.75, 3.05) is 26.2 Å². The third-order valence-electron chi connectivity index (χ3n) is 6.98. The Balaban J connectivity index is 1.37. The van der Waals surface area contributed by atoms with Crippen LogP contribution < -0.4 is 10.2 Å². The summed E-state index contributed by atoms with van der Waals surface area (Å²) in [5.41, 5.74) is -1.81. The summed E-state index contributed by atoms with van der Waals surface area (Å²) < 4.78 is 117. The van der Waals surface area contributed by atoms with Crippen LogP contribution in [0.2, 0.25) is 0 Å². The van der Waals surface area contributed by atoms with Crippen molar-refractivity contribution in [2.45, 2.75) is 56.6 Å². The Morgan fingerprint density at radius 1 is 0.814 bits per heavy atom. The van der Waals surface area contributed by atoms with Gasteiger partial charge in [-0.2, -0.15) is 30.6 Å². The number of hydrogen-bond donors (Lipinski definition) is 0. The fraction of sp³-hybridized carbons (Fsp3) is 0.414. The van der Waals surface area contributed by atoms with Gasteiger partial charge in [0.05, 0.1) is 22.6 Å². The van der Waals surface area contributed by atoms with Crippen molar-refractivity contribution >= 4 is 10.0 Å². The maximum atomic E-state index is 13.2. The van der Waals surface area contributed by atoms with Gasteiger partial charge in [-0.1, -0.05) is 45.0 Å². The Bertz CT molecular complexity index is 1570. The maximum Gasteiger partial charge on any atom is 0.416 e. The van der Waals surface area contributed by atoms with Crippen LogP contribution in [0, 0.1) is 0 Å². The van der Waals surface area contributed by atoms with Gasteiger partial charge in [0.1, 0.15) is 18.6 Å². The lowest BCUT2D eigenvalue weighted by atomic mass is 9.87. The monoisotopic (exact) mass is 632 g/mol. The zero-order chi connectivity index (χ0) is 31.8. The second kappa shape index (κ2) is 12.0. The first-order valence-corrected chi connectivity index (χ1v) is 14.6. The molecule has 3 aromatic rings. The average Bonchev–Trinajstić information content (AvgIpc) is 2.91. The number of hydrogen-bond acceptors (Lipinski definition) is 6. The quantitative estimate of drug-likeness (QED) is 0.295. The van der Waals surface area contributed by atoms with E-state index < -0.39 is 43.8 Å². The molecule has 0 saturated carbocycles. The Kier molecular flexibility index (Phi) is 9.06. The van der Waals surface area contributed by atoms with Crippen LogP contribution in [0.15, 0.2) is 68.9 Å². The van der Waals surface area contributed by atoms with E-state index >= 15 is 0 Å². The number of nitrogens with zero attached hydrogens (tertiary/aromatic N) is 2. The van der Waals surface area contributed by atoms with E-state index in [1.807, 2.05) is 24.3 Å². The summed E-state index contributed by atoms with van der Waals surface area (Å²) >= 11 is 0. The number of halogens is 6. The molecule has 0 bridgehead atoms. The molecule has 14 heteroatoms. The zero-order valence-corrected chi connectivity index (χ0v) is 24.4. The predicted molar refractivity (Wildman–Crippen MR) is 145 cm³/mol. The van der Waals surface area contributed by atoms with Gasteiger partial charge in [-0.3, -0.25) is 9.69 Å². The molecule has 1 saturated heterocycles. The number of benzene rings is 2. The van der Waals surface area contributed by atoms with E-state index in [1.165, 1.54) is 12.3 Å². The van der Waals surface area contributed by atoms with Crippen molar-refractivity contribution < 1.29 is 43.9 Å². The minimum absolute atomic E-state index is 0.000410. The SMILES string of the molecule is CC(C)(C)c1ccc(COc2coc(CN3CCN(S(=O)(=O)c4cc(C(F)(F)F)cc(C(F)(F)F)c4)CC3)cc2=O)cc1. The van der Waals surface area contributed by atoms with Crippen LogP contribution in [-0.4, -0.2) is 43.8 Å². The third kappa shape index (κ3) is 7.98. The predicted octanol–water partition coefficient (Wildman–Crippen LogP) is 6.06. The number of piperazine rings is 1. The van der Waals surface area contributed by atoms with E-state index in [2.05, 4.69) is 20.8 Å². The molecule has 0 aliphatic carbocycles. The standard InChI is InChI=1S/C29H30F6N2O5S/c1-27(2,3)20-6-4-19(5-7-20)17-42-26-18-41-23(15-25(26)38)16-36-8-10-37(11-9-36)43(39,40)24-13-21(28(30,31)32)12-22(14-24)29(33,34)35/h4-7,12-15,18H,8-11,16-17H2,1-3H3. The number of sulfonamides is 1. The topological polar surface area (TPSA) is 80.1 Å². The molecule has 2 aromatic carbocycles. The van der Waals surface area contributed by atoms with E-state index in [1.54, 1.807) is 4.90 Å². The lowest BCUT2D eigenvalue weighted by Crippen LogP contribution is -2.48. The zero-order valence-electron chi connectivity index (χ0n) is 23.6. The lowest BCUT2D eigenvalue weighted by Gasteiger charge is -2.33. The summed E-state index contributed by atoms with van der Waals surface area (Å²) in [6.07, 6.45) is -9.16. The van der Waals surface area contributed by atoms with Gasteiger partial charge in [-0.05, 0) is 34.7 Å². The molecule has 0 radical (unpaired) electrons. The molecule has 0 atom stereocenters. The highest BCUT2D eigenvalue weighted by Gasteiger charge is 2.39. The fourth-order valence-corrected chi connectivity index (χ4v) is 5.96. The van der Waals surface area contributed by atoms with Gasteiger partial charge in [-0.15, -0.1) is 0 Å². The van der Waals surface area contributed by atoms with Crippen LogP contribution in [0.3, 0.4) is 0 Å². The van der Waals surface area contributed by atoms with Crippen LogP contribution in [0.5, 0.6) is 5.75 Å². The Morgan fingerprint density at radius 3 is 1.86 bits per heavy atom. The van der Waals surface area contributed by atoms with E-state index in [4.69, 9.17) is 9.15 Å². The summed E-state index contributed by atoms with van der Waals surface area (Å²) in [5.74, 6) is 0.287. The van der Waals surface area contributed by atoms with Crippen molar-refractivity contribution in [1.29, 1.82) is 0 Å². The molecule has 2 heterocycles. The molecular weight excluding hydrogens is 602 g/mol. The Hall–Kier alpha value is -3.36. The van der Waals surface area contributed by atoms with Gasteiger partial charge < -0.3 is 9.15 Å². The van der Waals surface area contributed by atoms with Gasteiger partial charge in [0.25, 0.3) is 0 Å². The summed E-state index contributed by atoms with van der Waals surface area (Å²) in [5, 5.41) is 0. The molecule has 1 aromatic heterocycles. The molecule has 0 N–H and O–H groups in total. The normalized spacial score (nSPS) is 15.9. The van der Waals surface area contributed by atoms with E-state index in [0.29, 0.717) is 0 Å². The highest BCUT2D eigenvalue weighted by atomic mass is 32.2. The van der Waals surface area contributed by atoms with Crippen LogP contribution in [-0.2, 0) is 40.9 Å². The van der Waals surface area contributed by atoms with Gasteiger partial charge in [0.2, 0.25) is 21.2 Å². The van der Waals surface area contributed by atoms with Gasteiger partial charge in [0.15, 0.2) is 0 Å². The highest BCUT2D eigenvalue weighted by Crippen LogP contribution is 2.38. The average molecular weight is 633 g/mol. The van der Waals surface area contributed by atoms with E-state index in [0.717, 1.165) is 15.4 Å². The smallest absolute Gasteiger partial charge is 0.416 e. The van der Waals surface area contributed by atoms with Crippen molar-refractivity contribution in [3.8, 4) is 5.75 Å². The van der Waals surface area contributed by atoms with Crippen LogP contribution in [0.4, 0.5) is 26.3 Å². The van der Waals surface area contributed by atoms with Gasteiger partial charge in [-0.25, -0.2) is 8.42 Å². The first-order chi connectivity index (χ1) is 19.8. The molecule has 1 aliphatic rings. The minimum atomic E-state index is -5.17. The van der Waals surface area contributed by atoms with Crippen LogP contribution in [0.25, 0.3) is 0 Å². The highest BCUT2D eigenvalue weighted by molar-refractivity contribution is 7.89. The molecule has 1 fully saturated rings.